The van der Waals surface area contributed by atoms with E-state index in [1.54, 1.807) is 25.4 Å². The Bertz CT molecular complexity index is 431. The molecule has 1 aromatic heterocycles. The molecule has 0 saturated carbocycles. The van der Waals surface area contributed by atoms with Gasteiger partial charge >= 0.3 is 0 Å². The Balaban J connectivity index is 1.67. The number of hydrogen-bond donors (Lipinski definition) is 2. The summed E-state index contributed by atoms with van der Waals surface area (Å²) in [4.78, 5) is 16.2. The number of carbonyl (C=O) groups is 1. The normalized spacial score (nSPS) is 17.9. The van der Waals surface area contributed by atoms with Gasteiger partial charge in [-0.05, 0) is 44.2 Å². The van der Waals surface area contributed by atoms with Crippen molar-refractivity contribution in [2.75, 3.05) is 25.5 Å². The molecule has 0 aromatic carbocycles. The van der Waals surface area contributed by atoms with E-state index < -0.39 is 0 Å². The summed E-state index contributed by atoms with van der Waals surface area (Å²) in [5.74, 6) is 0.545. The third-order valence-electron chi connectivity index (χ3n) is 3.55. The molecule has 0 unspecified atom stereocenters. The molecule has 5 heteroatoms. The molecule has 20 heavy (non-hydrogen) atoms. The number of pyridine rings is 1. The predicted octanol–water partition coefficient (Wildman–Crippen LogP) is 2.20. The fraction of sp³-hybridized carbons (Fsp3) is 0.600. The van der Waals surface area contributed by atoms with Crippen LogP contribution in [0.15, 0.2) is 18.3 Å². The minimum absolute atomic E-state index is 0.0698. The van der Waals surface area contributed by atoms with Crippen molar-refractivity contribution in [3.63, 3.8) is 0 Å². The van der Waals surface area contributed by atoms with Gasteiger partial charge < -0.3 is 15.4 Å². The van der Waals surface area contributed by atoms with Gasteiger partial charge in [0.25, 0.3) is 5.91 Å². The first-order chi connectivity index (χ1) is 9.81. The van der Waals surface area contributed by atoms with Crippen molar-refractivity contribution in [1.82, 2.24) is 10.3 Å². The first kappa shape index (κ1) is 14.8. The van der Waals surface area contributed by atoms with Gasteiger partial charge in [-0.1, -0.05) is 0 Å². The van der Waals surface area contributed by atoms with Crippen LogP contribution in [-0.2, 0) is 4.74 Å². The van der Waals surface area contributed by atoms with Crippen LogP contribution in [0.1, 0.15) is 42.5 Å². The summed E-state index contributed by atoms with van der Waals surface area (Å²) in [5, 5.41) is 5.87. The number of rotatable bonds is 7. The highest BCUT2D eigenvalue weighted by Gasteiger charge is 2.14. The number of nitrogens with zero attached hydrogens (tertiary/aromatic N) is 1. The standard InChI is InChI=1S/C15H23N3O2/c1-16-14-13(8-4-10-17-14)15(19)18-9-3-2-6-12-7-5-11-20-12/h4,8,10,12H,2-3,5-7,9,11H2,1H3,(H,16,17)(H,18,19)/t12-/m0/s1. The van der Waals surface area contributed by atoms with E-state index in [0.29, 0.717) is 24.0 Å². The maximum atomic E-state index is 12.0. The van der Waals surface area contributed by atoms with E-state index in [0.717, 1.165) is 25.9 Å². The zero-order valence-electron chi connectivity index (χ0n) is 12.0. The monoisotopic (exact) mass is 277 g/mol. The average Bonchev–Trinajstić information content (AvgIpc) is 3.00. The second-order valence-corrected chi connectivity index (χ2v) is 5.04. The summed E-state index contributed by atoms with van der Waals surface area (Å²) in [6.45, 7) is 1.61. The van der Waals surface area contributed by atoms with Crippen LogP contribution in [0, 0.1) is 0 Å². The van der Waals surface area contributed by atoms with E-state index in [9.17, 15) is 4.79 Å². The molecular weight excluding hydrogens is 254 g/mol. The summed E-state index contributed by atoms with van der Waals surface area (Å²) in [5.41, 5.74) is 0.592. The number of carbonyl (C=O) groups excluding carboxylic acids is 1. The molecule has 0 bridgehead atoms. The molecule has 2 rings (SSSR count). The molecular formula is C15H23N3O2. The second-order valence-electron chi connectivity index (χ2n) is 5.04. The molecule has 1 aliphatic heterocycles. The smallest absolute Gasteiger partial charge is 0.255 e. The van der Waals surface area contributed by atoms with Gasteiger partial charge in [-0.3, -0.25) is 4.79 Å². The summed E-state index contributed by atoms with van der Waals surface area (Å²) >= 11 is 0. The molecule has 0 radical (unpaired) electrons. The van der Waals surface area contributed by atoms with Crippen LogP contribution in [0.2, 0.25) is 0 Å². The molecule has 0 aliphatic carbocycles. The van der Waals surface area contributed by atoms with Gasteiger partial charge in [-0.25, -0.2) is 4.98 Å². The minimum atomic E-state index is -0.0698. The van der Waals surface area contributed by atoms with Gasteiger partial charge in [0.15, 0.2) is 0 Å². The topological polar surface area (TPSA) is 63.2 Å². The van der Waals surface area contributed by atoms with Crippen molar-refractivity contribution < 1.29 is 9.53 Å². The first-order valence-corrected chi connectivity index (χ1v) is 7.34. The highest BCUT2D eigenvalue weighted by Crippen LogP contribution is 2.17. The summed E-state index contributed by atoms with van der Waals surface area (Å²) in [6.07, 6.45) is 7.68. The highest BCUT2D eigenvalue weighted by molar-refractivity contribution is 5.98. The Morgan fingerprint density at radius 1 is 1.50 bits per heavy atom. The highest BCUT2D eigenvalue weighted by atomic mass is 16.5. The third-order valence-corrected chi connectivity index (χ3v) is 3.55. The van der Waals surface area contributed by atoms with Crippen LogP contribution in [0.3, 0.4) is 0 Å². The molecule has 1 amide bonds. The van der Waals surface area contributed by atoms with Gasteiger partial charge in [0.05, 0.1) is 11.7 Å². The lowest BCUT2D eigenvalue weighted by Crippen LogP contribution is -2.25. The third kappa shape index (κ3) is 4.20. The zero-order valence-corrected chi connectivity index (χ0v) is 12.0. The van der Waals surface area contributed by atoms with Crippen LogP contribution < -0.4 is 10.6 Å². The van der Waals surface area contributed by atoms with E-state index in [1.807, 2.05) is 0 Å². The van der Waals surface area contributed by atoms with Crippen LogP contribution in [0.4, 0.5) is 5.82 Å². The quantitative estimate of drug-likeness (QED) is 0.750. The molecule has 1 aliphatic rings. The van der Waals surface area contributed by atoms with E-state index in [4.69, 9.17) is 4.74 Å². The van der Waals surface area contributed by atoms with Crippen LogP contribution in [0.25, 0.3) is 0 Å². The van der Waals surface area contributed by atoms with Gasteiger partial charge in [-0.15, -0.1) is 0 Å². The fourth-order valence-corrected chi connectivity index (χ4v) is 2.45. The molecule has 0 spiro atoms. The zero-order chi connectivity index (χ0) is 14.2. The van der Waals surface area contributed by atoms with Crippen molar-refractivity contribution >= 4 is 11.7 Å². The van der Waals surface area contributed by atoms with E-state index >= 15 is 0 Å². The lowest BCUT2D eigenvalue weighted by atomic mass is 10.1. The van der Waals surface area contributed by atoms with Crippen molar-refractivity contribution in [3.05, 3.63) is 23.9 Å². The molecule has 1 fully saturated rings. The molecule has 2 heterocycles. The number of unbranched alkanes of at least 4 members (excludes halogenated alkanes) is 1. The summed E-state index contributed by atoms with van der Waals surface area (Å²) in [6, 6.07) is 3.55. The van der Waals surface area contributed by atoms with Crippen LogP contribution in [-0.4, -0.2) is 37.2 Å². The Labute approximate surface area is 120 Å². The number of aromatic nitrogens is 1. The lowest BCUT2D eigenvalue weighted by Gasteiger charge is -2.10. The van der Waals surface area contributed by atoms with Crippen molar-refractivity contribution in [1.29, 1.82) is 0 Å². The molecule has 1 aromatic rings. The summed E-state index contributed by atoms with van der Waals surface area (Å²) in [7, 11) is 1.76. The first-order valence-electron chi connectivity index (χ1n) is 7.34. The SMILES string of the molecule is CNc1ncccc1C(=O)NCCCC[C@H]1CCCO1. The number of amides is 1. The van der Waals surface area contributed by atoms with Crippen molar-refractivity contribution in [2.24, 2.45) is 0 Å². The average molecular weight is 277 g/mol. The predicted molar refractivity (Wildman–Crippen MR) is 78.9 cm³/mol. The second kappa shape index (κ2) is 7.85. The fourth-order valence-electron chi connectivity index (χ4n) is 2.45. The van der Waals surface area contributed by atoms with Crippen molar-refractivity contribution in [2.45, 2.75) is 38.2 Å². The number of nitrogens with one attached hydrogen (secondary N) is 2. The number of ether oxygens (including phenoxy) is 1. The van der Waals surface area contributed by atoms with Crippen LogP contribution in [0.5, 0.6) is 0 Å². The number of hydrogen-bond acceptors (Lipinski definition) is 4. The molecule has 110 valence electrons. The van der Waals surface area contributed by atoms with E-state index in [2.05, 4.69) is 15.6 Å². The Morgan fingerprint density at radius 3 is 3.15 bits per heavy atom. The number of anilines is 1. The Hall–Kier alpha value is -1.62. The van der Waals surface area contributed by atoms with Gasteiger partial charge in [-0.2, -0.15) is 0 Å². The molecule has 5 nitrogen and oxygen atoms in total. The van der Waals surface area contributed by atoms with E-state index in [-0.39, 0.29) is 5.91 Å². The Morgan fingerprint density at radius 2 is 2.40 bits per heavy atom. The summed E-state index contributed by atoms with van der Waals surface area (Å²) < 4.78 is 5.58. The van der Waals surface area contributed by atoms with Gasteiger partial charge in [0, 0.05) is 26.4 Å². The van der Waals surface area contributed by atoms with Crippen LogP contribution >= 0.6 is 0 Å². The largest absolute Gasteiger partial charge is 0.378 e. The maximum absolute atomic E-state index is 12.0. The van der Waals surface area contributed by atoms with Gasteiger partial charge in [0.1, 0.15) is 5.82 Å². The Kier molecular flexibility index (Phi) is 5.80. The molecule has 2 N–H and O–H groups in total. The van der Waals surface area contributed by atoms with Gasteiger partial charge in [0.2, 0.25) is 0 Å². The lowest BCUT2D eigenvalue weighted by molar-refractivity contribution is 0.0947. The molecule has 1 saturated heterocycles. The maximum Gasteiger partial charge on any atom is 0.255 e. The molecule has 1 atom stereocenters. The van der Waals surface area contributed by atoms with Crippen molar-refractivity contribution in [3.8, 4) is 0 Å². The minimum Gasteiger partial charge on any atom is -0.378 e. The van der Waals surface area contributed by atoms with E-state index in [1.165, 1.54) is 12.8 Å².